The van der Waals surface area contributed by atoms with Crippen LogP contribution in [0.3, 0.4) is 0 Å². The van der Waals surface area contributed by atoms with Crippen LogP contribution in [0.4, 0.5) is 24.7 Å². The molecule has 1 atom stereocenters. The van der Waals surface area contributed by atoms with Gasteiger partial charge in [-0.15, -0.1) is 0 Å². The van der Waals surface area contributed by atoms with E-state index in [1.54, 1.807) is 41.3 Å². The smallest absolute Gasteiger partial charge is 0.451 e. The summed E-state index contributed by atoms with van der Waals surface area (Å²) in [5.41, 5.74) is 3.66. The number of aromatic nitrogens is 5. The summed E-state index contributed by atoms with van der Waals surface area (Å²) in [5.74, 6) is -0.875. The summed E-state index contributed by atoms with van der Waals surface area (Å²) in [6.07, 6.45) is 2.75. The van der Waals surface area contributed by atoms with Crippen molar-refractivity contribution < 1.29 is 32.2 Å². The van der Waals surface area contributed by atoms with Gasteiger partial charge in [-0.3, -0.25) is 14.3 Å². The maximum Gasteiger partial charge on any atom is 0.451 e. The normalized spacial score (nSPS) is 16.7. The molecule has 2 saturated heterocycles. The molecular weight excluding hydrogens is 595 g/mol. The van der Waals surface area contributed by atoms with E-state index in [0.29, 0.717) is 48.5 Å². The highest BCUT2D eigenvalue weighted by atomic mass is 19.4. The van der Waals surface area contributed by atoms with E-state index in [0.717, 1.165) is 30.5 Å². The first-order chi connectivity index (χ1) is 21.6. The molecule has 2 aliphatic rings. The number of hydrogen-bond acceptors (Lipinski definition) is 9. The SMILES string of the molecule is CC1COCCN1c1cc(-c2cnn(C)c2)c[nH]c1=O.FC(F)(F)c1nc(N2CCCC2)c2oc3ccccc3c2n1.O=CO. The van der Waals surface area contributed by atoms with Gasteiger partial charge in [0, 0.05) is 61.6 Å². The number of carboxylic acid groups (broad SMARTS) is 1. The van der Waals surface area contributed by atoms with Gasteiger partial charge in [0.05, 0.1) is 19.4 Å². The van der Waals surface area contributed by atoms with E-state index < -0.39 is 12.0 Å². The van der Waals surface area contributed by atoms with Crippen LogP contribution in [0.2, 0.25) is 0 Å². The number of rotatable bonds is 3. The number of aromatic amines is 1. The van der Waals surface area contributed by atoms with Gasteiger partial charge < -0.3 is 29.0 Å². The standard InChI is InChI=1S/C15H12F3N3O.C14H18N4O2.CH2O2/c16-15(17,18)14-19-11-9-5-1-2-6-10(9)22-12(11)13(20-14)21-7-3-4-8-21;1-10-9-20-4-3-18(10)13-5-11(6-15-14(13)19)12-7-16-17(2)8-12;2-1-3/h1-2,5-6H,3-4,7-8H2;5-8,10H,3-4,9H2,1-2H3,(H,15,19);1H,(H,2,3). The lowest BCUT2D eigenvalue weighted by atomic mass is 10.1. The predicted octanol–water partition coefficient (Wildman–Crippen LogP) is 4.70. The van der Waals surface area contributed by atoms with Crippen LogP contribution in [0, 0.1) is 0 Å². The van der Waals surface area contributed by atoms with Gasteiger partial charge in [0.2, 0.25) is 5.82 Å². The summed E-state index contributed by atoms with van der Waals surface area (Å²) in [4.78, 5) is 34.7. The molecule has 7 rings (SSSR count). The zero-order chi connectivity index (χ0) is 32.1. The number of benzene rings is 1. The van der Waals surface area contributed by atoms with Crippen LogP contribution in [-0.4, -0.2) is 75.2 Å². The molecule has 2 aliphatic heterocycles. The second-order valence-electron chi connectivity index (χ2n) is 10.6. The number of halogens is 3. The Morgan fingerprint density at radius 2 is 1.84 bits per heavy atom. The molecule has 2 fully saturated rings. The Kier molecular flexibility index (Phi) is 9.37. The first kappa shape index (κ1) is 31.5. The fourth-order valence-corrected chi connectivity index (χ4v) is 5.35. The highest BCUT2D eigenvalue weighted by Gasteiger charge is 2.37. The molecule has 0 aliphatic carbocycles. The number of ether oxygens (including phenoxy) is 1. The van der Waals surface area contributed by atoms with E-state index in [9.17, 15) is 18.0 Å². The van der Waals surface area contributed by atoms with Gasteiger partial charge in [0.1, 0.15) is 16.8 Å². The fourth-order valence-electron chi connectivity index (χ4n) is 5.35. The predicted molar refractivity (Wildman–Crippen MR) is 161 cm³/mol. The summed E-state index contributed by atoms with van der Waals surface area (Å²) < 4.78 is 52.2. The van der Waals surface area contributed by atoms with Gasteiger partial charge in [-0.2, -0.15) is 18.3 Å². The number of hydrogen-bond donors (Lipinski definition) is 2. The second kappa shape index (κ2) is 13.4. The van der Waals surface area contributed by atoms with Crippen LogP contribution in [0.15, 0.2) is 58.1 Å². The Balaban J connectivity index is 0.000000165. The Hall–Kier alpha value is -4.92. The van der Waals surface area contributed by atoms with E-state index in [1.165, 1.54) is 0 Å². The highest BCUT2D eigenvalue weighted by Crippen LogP contribution is 2.37. The van der Waals surface area contributed by atoms with E-state index in [4.69, 9.17) is 19.1 Å². The van der Waals surface area contributed by atoms with Crippen LogP contribution in [-0.2, 0) is 22.8 Å². The summed E-state index contributed by atoms with van der Waals surface area (Å²) in [5, 5.41) is 11.6. The molecule has 5 aromatic rings. The molecule has 0 bridgehead atoms. The van der Waals surface area contributed by atoms with E-state index >= 15 is 0 Å². The Morgan fingerprint density at radius 3 is 2.51 bits per heavy atom. The minimum absolute atomic E-state index is 0.0635. The molecule has 4 aromatic heterocycles. The van der Waals surface area contributed by atoms with Crippen LogP contribution in [0.1, 0.15) is 25.6 Å². The van der Waals surface area contributed by atoms with Crippen molar-refractivity contribution in [1.29, 1.82) is 0 Å². The number of morpholine rings is 1. The van der Waals surface area contributed by atoms with Crippen molar-refractivity contribution in [2.75, 3.05) is 42.6 Å². The maximum absolute atomic E-state index is 13.1. The lowest BCUT2D eigenvalue weighted by Crippen LogP contribution is -2.45. The number of carbonyl (C=O) groups is 1. The number of H-pyrrole nitrogens is 1. The number of anilines is 2. The molecule has 0 saturated carbocycles. The maximum atomic E-state index is 13.1. The van der Waals surface area contributed by atoms with Gasteiger partial charge in [0.15, 0.2) is 11.4 Å². The average Bonchev–Trinajstić information content (AvgIpc) is 3.78. The summed E-state index contributed by atoms with van der Waals surface area (Å²) in [6, 6.07) is 9.09. The number of para-hydroxylation sites is 1. The first-order valence-corrected chi connectivity index (χ1v) is 14.3. The molecule has 6 heterocycles. The van der Waals surface area contributed by atoms with Crippen molar-refractivity contribution in [2.45, 2.75) is 32.0 Å². The molecule has 0 amide bonds. The molecular formula is C30H32F3N7O5. The number of alkyl halides is 3. The number of furan rings is 1. The van der Waals surface area contributed by atoms with Crippen LogP contribution in [0.25, 0.3) is 33.2 Å². The quantitative estimate of drug-likeness (QED) is 0.270. The largest absolute Gasteiger partial charge is 0.483 e. The van der Waals surface area contributed by atoms with Crippen molar-refractivity contribution >= 4 is 40.0 Å². The van der Waals surface area contributed by atoms with Gasteiger partial charge >= 0.3 is 6.18 Å². The van der Waals surface area contributed by atoms with Crippen molar-refractivity contribution in [2.24, 2.45) is 7.05 Å². The van der Waals surface area contributed by atoms with E-state index in [2.05, 4.69) is 31.9 Å². The van der Waals surface area contributed by atoms with Crippen molar-refractivity contribution in [1.82, 2.24) is 24.7 Å². The molecule has 12 nitrogen and oxygen atoms in total. The molecule has 238 valence electrons. The number of nitrogens with one attached hydrogen (secondary N) is 1. The van der Waals surface area contributed by atoms with E-state index in [-0.39, 0.29) is 29.4 Å². The minimum Gasteiger partial charge on any atom is -0.483 e. The number of aryl methyl sites for hydroxylation is 1. The lowest BCUT2D eigenvalue weighted by Gasteiger charge is -2.34. The van der Waals surface area contributed by atoms with Gasteiger partial charge in [-0.05, 0) is 38.0 Å². The Bertz CT molecular complexity index is 1830. The van der Waals surface area contributed by atoms with Crippen LogP contribution in [0.5, 0.6) is 0 Å². The Morgan fingerprint density at radius 1 is 1.11 bits per heavy atom. The minimum atomic E-state index is -4.58. The molecule has 45 heavy (non-hydrogen) atoms. The zero-order valence-corrected chi connectivity index (χ0v) is 24.6. The number of fused-ring (bicyclic) bond motifs is 3. The average molecular weight is 628 g/mol. The van der Waals surface area contributed by atoms with Crippen molar-refractivity contribution in [3.8, 4) is 11.1 Å². The molecule has 1 unspecified atom stereocenters. The number of pyridine rings is 1. The molecule has 2 N–H and O–H groups in total. The highest BCUT2D eigenvalue weighted by molar-refractivity contribution is 6.05. The summed E-state index contributed by atoms with van der Waals surface area (Å²) in [7, 11) is 1.88. The van der Waals surface area contributed by atoms with Gasteiger partial charge in [-0.25, -0.2) is 9.97 Å². The van der Waals surface area contributed by atoms with Crippen LogP contribution < -0.4 is 15.4 Å². The van der Waals surface area contributed by atoms with Crippen LogP contribution >= 0.6 is 0 Å². The molecule has 0 spiro atoms. The number of nitrogens with zero attached hydrogens (tertiary/aromatic N) is 6. The summed E-state index contributed by atoms with van der Waals surface area (Å²) >= 11 is 0. The third-order valence-corrected chi connectivity index (χ3v) is 7.46. The van der Waals surface area contributed by atoms with Gasteiger partial charge in [0.25, 0.3) is 12.0 Å². The third kappa shape index (κ3) is 6.93. The third-order valence-electron chi connectivity index (χ3n) is 7.46. The lowest BCUT2D eigenvalue weighted by molar-refractivity contribution is -0.144. The van der Waals surface area contributed by atoms with Crippen molar-refractivity contribution in [3.05, 3.63) is 65.1 Å². The molecule has 0 radical (unpaired) electrons. The topological polar surface area (TPSA) is 143 Å². The molecule has 1 aromatic carbocycles. The van der Waals surface area contributed by atoms with Crippen molar-refractivity contribution in [3.63, 3.8) is 0 Å². The first-order valence-electron chi connectivity index (χ1n) is 14.3. The molecule has 15 heteroatoms. The summed E-state index contributed by atoms with van der Waals surface area (Å²) in [6.45, 7) is 5.22. The monoisotopic (exact) mass is 627 g/mol. The Labute approximate surface area is 255 Å². The van der Waals surface area contributed by atoms with E-state index in [1.807, 2.05) is 24.2 Å². The van der Waals surface area contributed by atoms with Gasteiger partial charge in [-0.1, -0.05) is 12.1 Å². The second-order valence-corrected chi connectivity index (χ2v) is 10.6. The fraction of sp³-hybridized carbons (Fsp3) is 0.367. The zero-order valence-electron chi connectivity index (χ0n) is 24.6.